The minimum atomic E-state index is 0.0754. The van der Waals surface area contributed by atoms with Gasteiger partial charge in [0.05, 0.1) is 6.54 Å². The van der Waals surface area contributed by atoms with Crippen LogP contribution in [0.5, 0.6) is 5.75 Å². The van der Waals surface area contributed by atoms with E-state index in [4.69, 9.17) is 4.74 Å². The second kappa shape index (κ2) is 6.31. The number of hydrogen-bond donors (Lipinski definition) is 0. The van der Waals surface area contributed by atoms with E-state index < -0.39 is 0 Å². The summed E-state index contributed by atoms with van der Waals surface area (Å²) in [6.45, 7) is 2.86. The Bertz CT molecular complexity index is 588. The zero-order chi connectivity index (χ0) is 14.7. The zero-order valence-corrected chi connectivity index (χ0v) is 12.9. The third-order valence-electron chi connectivity index (χ3n) is 3.60. The van der Waals surface area contributed by atoms with Gasteiger partial charge in [-0.1, -0.05) is 23.8 Å². The number of hydrogen-bond acceptors (Lipinski definition) is 3. The predicted octanol–water partition coefficient (Wildman–Crippen LogP) is 3.63. The summed E-state index contributed by atoms with van der Waals surface area (Å²) in [7, 11) is 0. The van der Waals surface area contributed by atoms with Crippen LogP contribution in [0.4, 0.5) is 0 Å². The van der Waals surface area contributed by atoms with Gasteiger partial charge in [-0.05, 0) is 43.3 Å². The van der Waals surface area contributed by atoms with Crippen LogP contribution >= 0.6 is 11.3 Å². The van der Waals surface area contributed by atoms with Gasteiger partial charge in [0, 0.05) is 10.9 Å². The van der Waals surface area contributed by atoms with E-state index in [2.05, 4.69) is 6.07 Å². The van der Waals surface area contributed by atoms with Crippen LogP contribution in [0.15, 0.2) is 41.8 Å². The van der Waals surface area contributed by atoms with Crippen LogP contribution in [0.2, 0.25) is 0 Å². The van der Waals surface area contributed by atoms with Gasteiger partial charge in [-0.2, -0.15) is 0 Å². The molecule has 1 aliphatic rings. The number of rotatable bonds is 6. The van der Waals surface area contributed by atoms with Crippen molar-refractivity contribution in [2.24, 2.45) is 0 Å². The molecule has 0 N–H and O–H groups in total. The van der Waals surface area contributed by atoms with Crippen LogP contribution in [0.1, 0.15) is 23.3 Å². The van der Waals surface area contributed by atoms with Gasteiger partial charge < -0.3 is 9.64 Å². The lowest BCUT2D eigenvalue weighted by Gasteiger charge is -2.21. The molecular weight excluding hydrogens is 282 g/mol. The smallest absolute Gasteiger partial charge is 0.261 e. The van der Waals surface area contributed by atoms with E-state index >= 15 is 0 Å². The van der Waals surface area contributed by atoms with Crippen LogP contribution in [-0.2, 0) is 11.3 Å². The monoisotopic (exact) mass is 301 g/mol. The average Bonchev–Trinajstić information content (AvgIpc) is 3.20. The molecule has 4 heteroatoms. The van der Waals surface area contributed by atoms with Crippen molar-refractivity contribution < 1.29 is 9.53 Å². The summed E-state index contributed by atoms with van der Waals surface area (Å²) >= 11 is 1.70. The first-order chi connectivity index (χ1) is 10.2. The number of thiophene rings is 1. The molecule has 2 aromatic rings. The van der Waals surface area contributed by atoms with E-state index in [1.54, 1.807) is 11.3 Å². The molecule has 0 aliphatic heterocycles. The van der Waals surface area contributed by atoms with E-state index in [9.17, 15) is 4.79 Å². The van der Waals surface area contributed by atoms with Gasteiger partial charge in [0.1, 0.15) is 5.75 Å². The molecule has 1 amide bonds. The summed E-state index contributed by atoms with van der Waals surface area (Å²) in [4.78, 5) is 15.6. The maximum Gasteiger partial charge on any atom is 0.261 e. The van der Waals surface area contributed by atoms with Gasteiger partial charge in [-0.15, -0.1) is 11.3 Å². The number of nitrogens with zero attached hydrogens (tertiary/aromatic N) is 1. The Morgan fingerprint density at radius 3 is 2.67 bits per heavy atom. The van der Waals surface area contributed by atoms with E-state index in [1.165, 1.54) is 10.4 Å². The summed E-state index contributed by atoms with van der Waals surface area (Å²) in [6.07, 6.45) is 2.23. The lowest BCUT2D eigenvalue weighted by atomic mass is 10.2. The Labute approximate surface area is 129 Å². The van der Waals surface area contributed by atoms with Crippen LogP contribution in [0, 0.1) is 6.92 Å². The molecule has 0 radical (unpaired) electrons. The van der Waals surface area contributed by atoms with Crippen molar-refractivity contribution in [3.8, 4) is 5.75 Å². The molecule has 1 aromatic heterocycles. The van der Waals surface area contributed by atoms with Crippen LogP contribution in [0.3, 0.4) is 0 Å². The fourth-order valence-corrected chi connectivity index (χ4v) is 2.94. The largest absolute Gasteiger partial charge is 0.484 e. The SMILES string of the molecule is Cc1ccc(OCC(=O)N(Cc2cccs2)C2CC2)cc1. The van der Waals surface area contributed by atoms with Crippen LogP contribution in [-0.4, -0.2) is 23.5 Å². The van der Waals surface area contributed by atoms with E-state index in [0.29, 0.717) is 12.6 Å². The van der Waals surface area contributed by atoms with E-state index in [1.807, 2.05) is 47.5 Å². The Morgan fingerprint density at radius 2 is 2.05 bits per heavy atom. The first-order valence-corrected chi connectivity index (χ1v) is 8.11. The molecule has 3 rings (SSSR count). The molecule has 1 aromatic carbocycles. The number of carbonyl (C=O) groups excluding carboxylic acids is 1. The Hall–Kier alpha value is -1.81. The fourth-order valence-electron chi connectivity index (χ4n) is 2.24. The van der Waals surface area contributed by atoms with Crippen molar-refractivity contribution in [2.45, 2.75) is 32.4 Å². The quantitative estimate of drug-likeness (QED) is 0.815. The third kappa shape index (κ3) is 3.85. The lowest BCUT2D eigenvalue weighted by molar-refractivity contribution is -0.134. The third-order valence-corrected chi connectivity index (χ3v) is 4.46. The second-order valence-corrected chi connectivity index (χ2v) is 6.47. The number of benzene rings is 1. The summed E-state index contributed by atoms with van der Waals surface area (Å²) < 4.78 is 5.61. The highest BCUT2D eigenvalue weighted by atomic mass is 32.1. The van der Waals surface area contributed by atoms with Crippen molar-refractivity contribution in [3.05, 3.63) is 52.2 Å². The molecule has 1 heterocycles. The van der Waals surface area contributed by atoms with Crippen molar-refractivity contribution in [2.75, 3.05) is 6.61 Å². The predicted molar refractivity (Wildman–Crippen MR) is 84.6 cm³/mol. The number of amides is 1. The molecule has 0 atom stereocenters. The Kier molecular flexibility index (Phi) is 4.25. The first kappa shape index (κ1) is 14.1. The molecule has 0 unspecified atom stereocenters. The van der Waals surface area contributed by atoms with Gasteiger partial charge in [0.15, 0.2) is 6.61 Å². The highest BCUT2D eigenvalue weighted by molar-refractivity contribution is 7.09. The maximum absolute atomic E-state index is 12.4. The molecule has 0 saturated heterocycles. The molecule has 1 aliphatic carbocycles. The average molecular weight is 301 g/mol. The standard InChI is InChI=1S/C17H19NO2S/c1-13-4-8-15(9-5-13)20-12-17(19)18(14-6-7-14)11-16-3-2-10-21-16/h2-5,8-10,14H,6-7,11-12H2,1H3. The fraction of sp³-hybridized carbons (Fsp3) is 0.353. The van der Waals surface area contributed by atoms with Crippen molar-refractivity contribution in [1.82, 2.24) is 4.90 Å². The molecule has 1 saturated carbocycles. The Balaban J connectivity index is 1.58. The minimum Gasteiger partial charge on any atom is -0.484 e. The van der Waals surface area contributed by atoms with Gasteiger partial charge in [0.2, 0.25) is 0 Å². The highest BCUT2D eigenvalue weighted by Crippen LogP contribution is 2.29. The molecule has 3 nitrogen and oxygen atoms in total. The Morgan fingerprint density at radius 1 is 1.29 bits per heavy atom. The molecule has 1 fully saturated rings. The van der Waals surface area contributed by atoms with Crippen molar-refractivity contribution in [1.29, 1.82) is 0 Å². The summed E-state index contributed by atoms with van der Waals surface area (Å²) in [5.74, 6) is 0.826. The van der Waals surface area contributed by atoms with Crippen molar-refractivity contribution >= 4 is 17.2 Å². The van der Waals surface area contributed by atoms with Crippen LogP contribution in [0.25, 0.3) is 0 Å². The van der Waals surface area contributed by atoms with Gasteiger partial charge >= 0.3 is 0 Å². The van der Waals surface area contributed by atoms with E-state index in [0.717, 1.165) is 18.6 Å². The normalized spacial score (nSPS) is 14.0. The molecule has 0 bridgehead atoms. The molecule has 21 heavy (non-hydrogen) atoms. The van der Waals surface area contributed by atoms with E-state index in [-0.39, 0.29) is 12.5 Å². The lowest BCUT2D eigenvalue weighted by Crippen LogP contribution is -2.36. The summed E-state index contributed by atoms with van der Waals surface area (Å²) in [5, 5.41) is 2.05. The van der Waals surface area contributed by atoms with Gasteiger partial charge in [0.25, 0.3) is 5.91 Å². The topological polar surface area (TPSA) is 29.5 Å². The van der Waals surface area contributed by atoms with Crippen molar-refractivity contribution in [3.63, 3.8) is 0 Å². The maximum atomic E-state index is 12.4. The number of ether oxygens (including phenoxy) is 1. The highest BCUT2D eigenvalue weighted by Gasteiger charge is 2.32. The number of aryl methyl sites for hydroxylation is 1. The van der Waals surface area contributed by atoms with Crippen LogP contribution < -0.4 is 4.74 Å². The molecule has 0 spiro atoms. The van der Waals surface area contributed by atoms with Gasteiger partial charge in [-0.25, -0.2) is 0 Å². The first-order valence-electron chi connectivity index (χ1n) is 7.24. The second-order valence-electron chi connectivity index (χ2n) is 5.43. The van der Waals surface area contributed by atoms with Gasteiger partial charge in [-0.3, -0.25) is 4.79 Å². The minimum absolute atomic E-state index is 0.0754. The molecular formula is C17H19NO2S. The number of carbonyl (C=O) groups is 1. The zero-order valence-electron chi connectivity index (χ0n) is 12.1. The summed E-state index contributed by atoms with van der Waals surface area (Å²) in [5.41, 5.74) is 1.19. The summed E-state index contributed by atoms with van der Waals surface area (Å²) in [6, 6.07) is 12.3. The molecule has 110 valence electrons.